The monoisotopic (exact) mass is 532 g/mol. The molecule has 1 saturated heterocycles. The highest BCUT2D eigenvalue weighted by Crippen LogP contribution is 2.41. The number of carbonyl (C=O) groups is 1. The summed E-state index contributed by atoms with van der Waals surface area (Å²) in [6, 6.07) is 7.23. The van der Waals surface area contributed by atoms with Crippen molar-refractivity contribution in [2.45, 2.75) is 64.5 Å². The van der Waals surface area contributed by atoms with Crippen molar-refractivity contribution in [3.63, 3.8) is 0 Å². The second-order valence-electron chi connectivity index (χ2n) is 10.3. The third-order valence-electron chi connectivity index (χ3n) is 7.92. The molecule has 3 aromatic heterocycles. The van der Waals surface area contributed by atoms with Crippen molar-refractivity contribution in [3.05, 3.63) is 77.1 Å². The minimum Gasteiger partial charge on any atom is -0.381 e. The van der Waals surface area contributed by atoms with Crippen LogP contribution in [0.5, 0.6) is 0 Å². The van der Waals surface area contributed by atoms with Crippen molar-refractivity contribution in [2.24, 2.45) is 0 Å². The van der Waals surface area contributed by atoms with Crippen LogP contribution in [0.2, 0.25) is 0 Å². The lowest BCUT2D eigenvalue weighted by molar-refractivity contribution is -0.120. The van der Waals surface area contributed by atoms with Crippen molar-refractivity contribution in [1.29, 1.82) is 0 Å². The van der Waals surface area contributed by atoms with E-state index in [9.17, 15) is 13.6 Å². The smallest absolute Gasteiger partial charge is 0.227 e. The standard InChI is InChI=1S/C30H30F2N4O3/c1-17-28(18(2)39-34-17)20-13-14-35-26(15-20)33-29(30(35)19-7-10-22(38-3)11-8-19)25-5-4-6-27(37)36(25)21-9-12-23(31)24(32)16-21/h7,9,12-16,22,25H,4-6,8,10-11H2,1-3H3. The van der Waals surface area contributed by atoms with E-state index < -0.39 is 17.7 Å². The topological polar surface area (TPSA) is 72.9 Å². The molecule has 2 unspecified atom stereocenters. The van der Waals surface area contributed by atoms with Crippen LogP contribution in [0.25, 0.3) is 22.3 Å². The molecule has 2 aliphatic rings. The molecule has 4 aromatic rings. The Morgan fingerprint density at radius 3 is 2.62 bits per heavy atom. The molecule has 1 aromatic carbocycles. The van der Waals surface area contributed by atoms with Gasteiger partial charge in [0.15, 0.2) is 11.6 Å². The normalized spacial score (nSPS) is 20.1. The fourth-order valence-electron chi connectivity index (χ4n) is 5.99. The lowest BCUT2D eigenvalue weighted by Crippen LogP contribution is -2.39. The number of benzene rings is 1. The largest absolute Gasteiger partial charge is 0.381 e. The van der Waals surface area contributed by atoms with Gasteiger partial charge >= 0.3 is 0 Å². The van der Waals surface area contributed by atoms with Gasteiger partial charge in [0.1, 0.15) is 11.4 Å². The quantitative estimate of drug-likeness (QED) is 0.285. The van der Waals surface area contributed by atoms with Crippen LogP contribution in [0, 0.1) is 25.5 Å². The van der Waals surface area contributed by atoms with Gasteiger partial charge in [-0.15, -0.1) is 0 Å². The number of fused-ring (bicyclic) bond motifs is 1. The van der Waals surface area contributed by atoms with Gasteiger partial charge in [0.05, 0.1) is 29.2 Å². The number of hydrogen-bond acceptors (Lipinski definition) is 5. The summed E-state index contributed by atoms with van der Waals surface area (Å²) in [6.07, 6.45) is 8.51. The summed E-state index contributed by atoms with van der Waals surface area (Å²) in [5.74, 6) is -1.33. The predicted molar refractivity (Wildman–Crippen MR) is 143 cm³/mol. The molecule has 7 nitrogen and oxygen atoms in total. The van der Waals surface area contributed by atoms with Gasteiger partial charge in [-0.2, -0.15) is 0 Å². The highest BCUT2D eigenvalue weighted by molar-refractivity contribution is 5.95. The Labute approximate surface area is 225 Å². The lowest BCUT2D eigenvalue weighted by atomic mass is 9.90. The summed E-state index contributed by atoms with van der Waals surface area (Å²) >= 11 is 0. The van der Waals surface area contributed by atoms with Crippen LogP contribution in [0.3, 0.4) is 0 Å². The van der Waals surface area contributed by atoms with Crippen molar-refractivity contribution < 1.29 is 22.8 Å². The minimum absolute atomic E-state index is 0.131. The number of anilines is 1. The molecule has 1 fully saturated rings. The Morgan fingerprint density at radius 2 is 1.92 bits per heavy atom. The first-order valence-electron chi connectivity index (χ1n) is 13.3. The number of nitrogens with zero attached hydrogens (tertiary/aromatic N) is 4. The van der Waals surface area contributed by atoms with Crippen molar-refractivity contribution in [3.8, 4) is 11.1 Å². The van der Waals surface area contributed by atoms with Crippen molar-refractivity contribution >= 4 is 22.8 Å². The van der Waals surface area contributed by atoms with Gasteiger partial charge in [0.25, 0.3) is 0 Å². The Balaban J connectivity index is 1.53. The Hall–Kier alpha value is -3.85. The summed E-state index contributed by atoms with van der Waals surface area (Å²) in [4.78, 5) is 20.0. The van der Waals surface area contributed by atoms with Gasteiger partial charge < -0.3 is 14.2 Å². The molecule has 0 saturated carbocycles. The summed E-state index contributed by atoms with van der Waals surface area (Å²) in [5.41, 5.74) is 6.57. The van der Waals surface area contributed by atoms with E-state index in [0.717, 1.165) is 76.6 Å². The van der Waals surface area contributed by atoms with Gasteiger partial charge in [0.2, 0.25) is 5.91 Å². The van der Waals surface area contributed by atoms with Gasteiger partial charge in [-0.1, -0.05) is 11.2 Å². The SMILES string of the molecule is COC1CC=C(c2c(C3CCCC(=O)N3c3ccc(F)c(F)c3)nc3cc(-c4c(C)noc4C)ccn23)CC1. The van der Waals surface area contributed by atoms with E-state index in [1.165, 1.54) is 6.07 Å². The average molecular weight is 533 g/mol. The number of halogens is 2. The van der Waals surface area contributed by atoms with Crippen LogP contribution in [0.4, 0.5) is 14.5 Å². The van der Waals surface area contributed by atoms with Crippen LogP contribution in [0.1, 0.15) is 67.4 Å². The predicted octanol–water partition coefficient (Wildman–Crippen LogP) is 6.72. The number of imidazole rings is 1. The molecule has 39 heavy (non-hydrogen) atoms. The van der Waals surface area contributed by atoms with E-state index in [1.807, 2.05) is 32.2 Å². The molecule has 6 rings (SSSR count). The molecule has 2 atom stereocenters. The van der Waals surface area contributed by atoms with Gasteiger partial charge in [-0.3, -0.25) is 9.20 Å². The third-order valence-corrected chi connectivity index (χ3v) is 7.92. The summed E-state index contributed by atoms with van der Waals surface area (Å²) in [7, 11) is 1.73. The molecule has 1 aliphatic carbocycles. The fourth-order valence-corrected chi connectivity index (χ4v) is 5.99. The number of carbonyl (C=O) groups excluding carboxylic acids is 1. The van der Waals surface area contributed by atoms with E-state index in [1.54, 1.807) is 12.0 Å². The highest BCUT2D eigenvalue weighted by Gasteiger charge is 2.36. The number of aromatic nitrogens is 3. The zero-order valence-electron chi connectivity index (χ0n) is 22.2. The van der Waals surface area contributed by atoms with Gasteiger partial charge in [-0.25, -0.2) is 13.8 Å². The number of ether oxygens (including phenoxy) is 1. The first-order valence-corrected chi connectivity index (χ1v) is 13.3. The maximum atomic E-state index is 14.3. The number of piperidine rings is 1. The molecule has 0 N–H and O–H groups in total. The minimum atomic E-state index is -0.982. The van der Waals surface area contributed by atoms with E-state index in [2.05, 4.69) is 15.6 Å². The Bertz CT molecular complexity index is 1590. The van der Waals surface area contributed by atoms with E-state index >= 15 is 0 Å². The van der Waals surface area contributed by atoms with Crippen LogP contribution in [0.15, 0.2) is 47.1 Å². The molecule has 0 radical (unpaired) electrons. The molecular weight excluding hydrogens is 502 g/mol. The van der Waals surface area contributed by atoms with Crippen LogP contribution in [-0.2, 0) is 9.53 Å². The average Bonchev–Trinajstić information content (AvgIpc) is 3.48. The van der Waals surface area contributed by atoms with Crippen molar-refractivity contribution in [1.82, 2.24) is 14.5 Å². The van der Waals surface area contributed by atoms with E-state index in [-0.39, 0.29) is 12.0 Å². The van der Waals surface area contributed by atoms with E-state index in [4.69, 9.17) is 14.2 Å². The van der Waals surface area contributed by atoms with E-state index in [0.29, 0.717) is 24.9 Å². The maximum Gasteiger partial charge on any atom is 0.227 e. The molecular formula is C30H30F2N4O3. The molecule has 202 valence electrons. The third kappa shape index (κ3) is 4.44. The number of amides is 1. The molecule has 4 heterocycles. The number of methoxy groups -OCH3 is 1. The van der Waals surface area contributed by atoms with Gasteiger partial charge in [-0.05, 0) is 81.4 Å². The summed E-state index contributed by atoms with van der Waals surface area (Å²) in [6.45, 7) is 3.79. The summed E-state index contributed by atoms with van der Waals surface area (Å²) in [5, 5.41) is 4.10. The lowest BCUT2D eigenvalue weighted by Gasteiger charge is -2.35. The second-order valence-corrected chi connectivity index (χ2v) is 10.3. The van der Waals surface area contributed by atoms with Crippen LogP contribution >= 0.6 is 0 Å². The summed E-state index contributed by atoms with van der Waals surface area (Å²) < 4.78 is 41.1. The Kier molecular flexibility index (Phi) is 6.54. The Morgan fingerprint density at radius 1 is 1.08 bits per heavy atom. The number of rotatable bonds is 5. The number of allylic oxidation sites excluding steroid dienone is 1. The van der Waals surface area contributed by atoms with Crippen molar-refractivity contribution in [2.75, 3.05) is 12.0 Å². The first-order chi connectivity index (χ1) is 18.9. The number of aryl methyl sites for hydroxylation is 2. The highest BCUT2D eigenvalue weighted by atomic mass is 19.2. The zero-order valence-corrected chi connectivity index (χ0v) is 22.2. The maximum absolute atomic E-state index is 14.3. The molecule has 9 heteroatoms. The fraction of sp³-hybridized carbons (Fsp3) is 0.367. The zero-order chi connectivity index (χ0) is 27.3. The molecule has 0 bridgehead atoms. The first kappa shape index (κ1) is 25.4. The van der Waals surface area contributed by atoms with Crippen LogP contribution < -0.4 is 4.90 Å². The van der Waals surface area contributed by atoms with Crippen LogP contribution in [-0.4, -0.2) is 33.7 Å². The van der Waals surface area contributed by atoms with Gasteiger partial charge in [0, 0.05) is 37.0 Å². The number of hydrogen-bond donors (Lipinski definition) is 0. The second kappa shape index (κ2) is 10.0. The molecule has 1 amide bonds. The number of pyridine rings is 1. The molecule has 1 aliphatic heterocycles. The molecule has 0 spiro atoms.